The third-order valence-corrected chi connectivity index (χ3v) is 4.85. The number of benzene rings is 1. The predicted octanol–water partition coefficient (Wildman–Crippen LogP) is -6.31. The Bertz CT molecular complexity index is 808. The van der Waals surface area contributed by atoms with E-state index in [0.717, 1.165) is 16.7 Å². The van der Waals surface area contributed by atoms with Crippen molar-refractivity contribution in [2.24, 2.45) is 0 Å². The second-order valence-corrected chi connectivity index (χ2v) is 7.66. The Morgan fingerprint density at radius 2 is 1.80 bits per heavy atom. The second-order valence-electron chi connectivity index (χ2n) is 4.58. The van der Waals surface area contributed by atoms with Gasteiger partial charge in [-0.1, -0.05) is 48.2 Å². The van der Waals surface area contributed by atoms with Crippen molar-refractivity contribution >= 4 is 56.4 Å². The maximum absolute atomic E-state index is 12.0. The topological polar surface area (TPSA) is 118 Å². The number of amides is 1. The molecule has 1 aliphatic heterocycles. The Labute approximate surface area is 239 Å². The van der Waals surface area contributed by atoms with Crippen LogP contribution in [0, 0.1) is 0 Å². The predicted molar refractivity (Wildman–Crippen MR) is 84.7 cm³/mol. The van der Waals surface area contributed by atoms with Gasteiger partial charge in [0.05, 0.1) is 33.3 Å². The molecule has 1 fully saturated rings. The molecule has 12 heteroatoms. The number of rotatable bonds is 5. The normalized spacial score (nSPS) is 15.7. The number of carbonyl (C=O) groups is 2. The minimum atomic E-state index is -4.36. The summed E-state index contributed by atoms with van der Waals surface area (Å²) in [7, 11) is -4.36. The number of thiocarbonyl (C=S) groups is 1. The number of carbonyl (C=O) groups excluding carboxylic acids is 2. The van der Waals surface area contributed by atoms with E-state index >= 15 is 0 Å². The molecule has 0 N–H and O–H groups in total. The zero-order valence-corrected chi connectivity index (χ0v) is 22.1. The van der Waals surface area contributed by atoms with Crippen LogP contribution in [0.1, 0.15) is 11.1 Å². The number of hydrogen-bond donors (Lipinski definition) is 0. The molecular weight excluding hydrogens is 441 g/mol. The number of hydrogen-bond acceptors (Lipinski definition) is 8. The molecule has 1 aliphatic rings. The van der Waals surface area contributed by atoms with E-state index in [0.29, 0.717) is 11.1 Å². The molecule has 0 bridgehead atoms. The van der Waals surface area contributed by atoms with Crippen LogP contribution in [0.5, 0.6) is 0 Å². The molecule has 0 atom stereocenters. The average molecular weight is 450 g/mol. The van der Waals surface area contributed by atoms with Gasteiger partial charge in [0, 0.05) is 0 Å². The molecule has 0 aliphatic carbocycles. The van der Waals surface area contributed by atoms with Crippen LogP contribution in [-0.4, -0.2) is 40.6 Å². The van der Waals surface area contributed by atoms with Crippen LogP contribution < -0.4 is 108 Å². The van der Waals surface area contributed by atoms with Crippen LogP contribution in [0.25, 0.3) is 6.08 Å². The van der Waals surface area contributed by atoms with E-state index in [1.54, 1.807) is 12.1 Å². The maximum Gasteiger partial charge on any atom is 1.00 e. The molecule has 0 spiro atoms. The number of carboxylic acid groups (broad SMARTS) is 1. The van der Waals surface area contributed by atoms with Crippen LogP contribution in [0.15, 0.2) is 29.2 Å². The van der Waals surface area contributed by atoms with Crippen LogP contribution in [-0.2, 0) is 25.5 Å². The van der Waals surface area contributed by atoms with Gasteiger partial charge >= 0.3 is 103 Å². The van der Waals surface area contributed by atoms with E-state index in [1.807, 2.05) is 0 Å². The fourth-order valence-electron chi connectivity index (χ4n) is 1.83. The summed E-state index contributed by atoms with van der Waals surface area (Å²) >= 11 is 5.91. The van der Waals surface area contributed by atoms with E-state index in [-0.39, 0.29) is 112 Å². The molecule has 7 nitrogen and oxygen atoms in total. The monoisotopic (exact) mass is 449 g/mol. The first-order chi connectivity index (χ1) is 10.7. The first-order valence-electron chi connectivity index (χ1n) is 6.13. The molecule has 1 heterocycles. The van der Waals surface area contributed by atoms with Gasteiger partial charge in [-0.25, -0.2) is 8.42 Å². The quantitative estimate of drug-likeness (QED) is 0.189. The Balaban J connectivity index is 0.00000288. The Morgan fingerprint density at radius 3 is 2.28 bits per heavy atom. The first-order valence-corrected chi connectivity index (χ1v) is 8.93. The summed E-state index contributed by atoms with van der Waals surface area (Å²) in [5.41, 5.74) is 0.924. The van der Waals surface area contributed by atoms with Gasteiger partial charge in [-0.05, 0) is 17.2 Å². The van der Waals surface area contributed by atoms with Crippen LogP contribution in [0.2, 0.25) is 0 Å². The van der Waals surface area contributed by atoms with Crippen LogP contribution >= 0.6 is 24.0 Å². The molecule has 0 radical (unpaired) electrons. The van der Waals surface area contributed by atoms with Gasteiger partial charge in [-0.15, -0.1) is 0 Å². The number of thioether (sulfide) groups is 1. The van der Waals surface area contributed by atoms with Crippen molar-refractivity contribution in [3.8, 4) is 0 Å². The number of carboxylic acids is 1. The fourth-order valence-corrected chi connectivity index (χ4v) is 3.69. The fraction of sp³-hybridized carbons (Fsp3) is 0.154. The third kappa shape index (κ3) is 8.60. The van der Waals surface area contributed by atoms with Crippen molar-refractivity contribution in [1.29, 1.82) is 0 Å². The number of aliphatic carboxylic acids is 1. The minimum Gasteiger partial charge on any atom is -0.748 e. The van der Waals surface area contributed by atoms with Crippen molar-refractivity contribution in [2.75, 3.05) is 6.54 Å². The maximum atomic E-state index is 12.0. The van der Waals surface area contributed by atoms with Gasteiger partial charge in [0.15, 0.2) is 0 Å². The molecule has 1 amide bonds. The second kappa shape index (κ2) is 11.5. The first kappa shape index (κ1) is 26.5. The summed E-state index contributed by atoms with van der Waals surface area (Å²) in [4.78, 5) is 23.8. The van der Waals surface area contributed by atoms with Crippen molar-refractivity contribution in [3.05, 3.63) is 40.3 Å². The molecule has 0 saturated carbocycles. The van der Waals surface area contributed by atoms with E-state index < -0.39 is 34.3 Å². The van der Waals surface area contributed by atoms with Crippen molar-refractivity contribution in [2.45, 2.75) is 5.75 Å². The third-order valence-electron chi connectivity index (χ3n) is 2.78. The van der Waals surface area contributed by atoms with E-state index in [2.05, 4.69) is 0 Å². The molecule has 1 saturated heterocycles. The van der Waals surface area contributed by atoms with Gasteiger partial charge in [-0.2, -0.15) is 0 Å². The van der Waals surface area contributed by atoms with Gasteiger partial charge in [-0.3, -0.25) is 9.69 Å². The summed E-state index contributed by atoms with van der Waals surface area (Å²) in [5.74, 6) is -2.55. The summed E-state index contributed by atoms with van der Waals surface area (Å²) < 4.78 is 32.2. The number of nitrogens with zero attached hydrogens (tertiary/aromatic N) is 1. The van der Waals surface area contributed by atoms with Gasteiger partial charge < -0.3 is 14.5 Å². The average Bonchev–Trinajstić information content (AvgIpc) is 2.67. The van der Waals surface area contributed by atoms with Gasteiger partial charge in [0.25, 0.3) is 5.91 Å². The zero-order chi connectivity index (χ0) is 17.2. The smallest absolute Gasteiger partial charge is 0.748 e. The molecule has 122 valence electrons. The summed E-state index contributed by atoms with van der Waals surface area (Å²) in [6, 6.07) is 6.02. The molecule has 0 aromatic heterocycles. The van der Waals surface area contributed by atoms with E-state index in [9.17, 15) is 27.7 Å². The van der Waals surface area contributed by atoms with Crippen molar-refractivity contribution in [1.82, 2.24) is 4.90 Å². The molecule has 2 rings (SSSR count). The van der Waals surface area contributed by atoms with Crippen molar-refractivity contribution in [3.63, 3.8) is 0 Å². The van der Waals surface area contributed by atoms with E-state index in [4.69, 9.17) is 12.2 Å². The molecule has 25 heavy (non-hydrogen) atoms. The van der Waals surface area contributed by atoms with Gasteiger partial charge in [0.1, 0.15) is 4.32 Å². The molecule has 1 aromatic carbocycles. The molecule has 0 unspecified atom stereocenters. The molecular formula is C13H9K2NO6S3. The standard InChI is InChI=1S/C13H11NO6S3.2K/c15-11(16)6-14-12(17)10(22-13(14)21)5-8-1-3-9(4-2-8)7-23(18,19)20;;/h1-5H,6-7H2,(H,15,16)(H,18,19,20);;/q;2*+1/p-2/b10-5+;;. The Hall–Kier alpha value is 1.52. The van der Waals surface area contributed by atoms with E-state index in [1.165, 1.54) is 18.2 Å². The van der Waals surface area contributed by atoms with Crippen molar-refractivity contribution < 1.29 is 130 Å². The van der Waals surface area contributed by atoms with Gasteiger partial charge in [0.2, 0.25) is 0 Å². The van der Waals surface area contributed by atoms with Crippen LogP contribution in [0.4, 0.5) is 0 Å². The minimum absolute atomic E-state index is 0. The van der Waals surface area contributed by atoms with Crippen LogP contribution in [0.3, 0.4) is 0 Å². The zero-order valence-electron chi connectivity index (χ0n) is 13.4. The summed E-state index contributed by atoms with van der Waals surface area (Å²) in [6.45, 7) is -0.609. The summed E-state index contributed by atoms with van der Waals surface area (Å²) in [6.07, 6.45) is 1.50. The Kier molecular flexibility index (Phi) is 12.2. The summed E-state index contributed by atoms with van der Waals surface area (Å²) in [5, 5.41) is 10.6. The largest absolute Gasteiger partial charge is 1.00 e. The SMILES string of the molecule is O=C([O-])CN1C(=O)/C(=C\c2ccc(CS(=O)(=O)[O-])cc2)SC1=S.[K+].[K+]. The Morgan fingerprint density at radius 1 is 1.24 bits per heavy atom. The molecule has 1 aromatic rings.